The minimum atomic E-state index is -4.17. The quantitative estimate of drug-likeness (QED) is 0.571. The molecule has 25 heavy (non-hydrogen) atoms. The van der Waals surface area contributed by atoms with Crippen LogP contribution in [0, 0.1) is 5.92 Å². The molecule has 134 valence electrons. The summed E-state index contributed by atoms with van der Waals surface area (Å²) in [6.07, 6.45) is -3.29. The van der Waals surface area contributed by atoms with Crippen LogP contribution in [-0.2, 0) is 6.67 Å². The predicted molar refractivity (Wildman–Crippen MR) is 84.4 cm³/mol. The summed E-state index contributed by atoms with van der Waals surface area (Å²) in [5.74, 6) is -0.957. The first-order chi connectivity index (χ1) is 11.9. The van der Waals surface area contributed by atoms with Gasteiger partial charge in [-0.1, -0.05) is 6.07 Å². The monoisotopic (exact) mass is 355 g/mol. The van der Waals surface area contributed by atoms with Crippen LogP contribution in [0.5, 0.6) is 5.75 Å². The maximum atomic E-state index is 13.5. The van der Waals surface area contributed by atoms with Crippen molar-refractivity contribution in [2.75, 3.05) is 0 Å². The van der Waals surface area contributed by atoms with E-state index in [4.69, 9.17) is 4.74 Å². The van der Waals surface area contributed by atoms with Crippen LogP contribution in [0.1, 0.15) is 41.7 Å². The Hall–Kier alpha value is -2.18. The third kappa shape index (κ3) is 3.75. The van der Waals surface area contributed by atoms with Crippen LogP contribution >= 0.6 is 0 Å². The van der Waals surface area contributed by atoms with Gasteiger partial charge < -0.3 is 4.74 Å². The van der Waals surface area contributed by atoms with Gasteiger partial charge in [0.15, 0.2) is 6.29 Å². The average Bonchev–Trinajstić information content (AvgIpc) is 2.60. The van der Waals surface area contributed by atoms with Gasteiger partial charge in [0.1, 0.15) is 18.1 Å². The normalized spacial score (nSPS) is 21.3. The lowest BCUT2D eigenvalue weighted by molar-refractivity contribution is -0.185. The van der Waals surface area contributed by atoms with Crippen LogP contribution < -0.4 is 4.74 Å². The average molecular weight is 355 g/mol. The summed E-state index contributed by atoms with van der Waals surface area (Å²) >= 11 is 0. The largest absolute Gasteiger partial charge is 0.490 e. The van der Waals surface area contributed by atoms with Crippen LogP contribution in [0.2, 0.25) is 0 Å². The van der Waals surface area contributed by atoms with E-state index >= 15 is 0 Å². The van der Waals surface area contributed by atoms with Gasteiger partial charge in [-0.15, -0.1) is 0 Å². The molecule has 3 nitrogen and oxygen atoms in total. The minimum Gasteiger partial charge on any atom is -0.490 e. The van der Waals surface area contributed by atoms with Crippen molar-refractivity contribution >= 4 is 17.2 Å². The first-order valence-electron chi connectivity index (χ1n) is 8.09. The molecule has 0 radical (unpaired) electrons. The zero-order valence-electron chi connectivity index (χ0n) is 13.4. The molecular formula is C18H17F4NO2. The molecule has 1 aromatic carbocycles. The maximum absolute atomic E-state index is 13.5. The van der Waals surface area contributed by atoms with Crippen LogP contribution in [0.15, 0.2) is 24.3 Å². The third-order valence-corrected chi connectivity index (χ3v) is 4.65. The zero-order chi connectivity index (χ0) is 18.0. The number of ether oxygens (including phenoxy) is 1. The highest BCUT2D eigenvalue weighted by atomic mass is 19.4. The molecule has 7 heteroatoms. The molecular weight excluding hydrogens is 338 g/mol. The van der Waals surface area contributed by atoms with Crippen LogP contribution in [0.25, 0.3) is 10.9 Å². The van der Waals surface area contributed by atoms with Crippen LogP contribution in [0.3, 0.4) is 0 Å². The topological polar surface area (TPSA) is 39.2 Å². The van der Waals surface area contributed by atoms with E-state index in [2.05, 4.69) is 4.98 Å². The number of alkyl halides is 4. The highest BCUT2D eigenvalue weighted by molar-refractivity contribution is 5.87. The van der Waals surface area contributed by atoms with Crippen LogP contribution in [0.4, 0.5) is 17.6 Å². The van der Waals surface area contributed by atoms with E-state index in [9.17, 15) is 22.4 Å². The van der Waals surface area contributed by atoms with Crippen molar-refractivity contribution in [3.63, 3.8) is 0 Å². The van der Waals surface area contributed by atoms with Gasteiger partial charge in [0.2, 0.25) is 0 Å². The van der Waals surface area contributed by atoms with Gasteiger partial charge in [-0.25, -0.2) is 9.37 Å². The minimum absolute atomic E-state index is 0.0248. The van der Waals surface area contributed by atoms with Crippen molar-refractivity contribution in [2.24, 2.45) is 5.92 Å². The van der Waals surface area contributed by atoms with Crippen molar-refractivity contribution in [3.8, 4) is 5.75 Å². The summed E-state index contributed by atoms with van der Waals surface area (Å²) in [6.45, 7) is -0.785. The highest BCUT2D eigenvalue weighted by Crippen LogP contribution is 2.39. The van der Waals surface area contributed by atoms with E-state index in [1.807, 2.05) is 0 Å². The first kappa shape index (κ1) is 17.6. The summed E-state index contributed by atoms with van der Waals surface area (Å²) < 4.78 is 57.5. The van der Waals surface area contributed by atoms with E-state index < -0.39 is 18.8 Å². The zero-order valence-corrected chi connectivity index (χ0v) is 13.4. The fraction of sp³-hybridized carbons (Fsp3) is 0.444. The molecule has 1 heterocycles. The second-order valence-electron chi connectivity index (χ2n) is 6.23. The Balaban J connectivity index is 1.79. The molecule has 1 saturated carbocycles. The Morgan fingerprint density at radius 2 is 1.84 bits per heavy atom. The van der Waals surface area contributed by atoms with Gasteiger partial charge in [-0.2, -0.15) is 13.2 Å². The molecule has 2 aromatic rings. The van der Waals surface area contributed by atoms with Crippen molar-refractivity contribution in [1.82, 2.24) is 4.98 Å². The summed E-state index contributed by atoms with van der Waals surface area (Å²) in [5, 5.41) is 0.537. The second-order valence-corrected chi connectivity index (χ2v) is 6.23. The number of carbonyl (C=O) groups is 1. The van der Waals surface area contributed by atoms with Gasteiger partial charge >= 0.3 is 6.18 Å². The first-order valence-corrected chi connectivity index (χ1v) is 8.09. The lowest BCUT2D eigenvalue weighted by Crippen LogP contribution is -2.32. The molecule has 1 fully saturated rings. The lowest BCUT2D eigenvalue weighted by Gasteiger charge is -2.30. The Morgan fingerprint density at radius 1 is 1.12 bits per heavy atom. The van der Waals surface area contributed by atoms with Crippen molar-refractivity contribution in [2.45, 2.75) is 44.6 Å². The number of benzene rings is 1. The molecule has 0 spiro atoms. The van der Waals surface area contributed by atoms with Gasteiger partial charge in [0.05, 0.1) is 17.5 Å². The number of aldehydes is 1. The number of aromatic nitrogens is 1. The van der Waals surface area contributed by atoms with Crippen molar-refractivity contribution in [1.29, 1.82) is 0 Å². The molecule has 0 aliphatic heterocycles. The molecule has 1 aliphatic carbocycles. The molecule has 3 rings (SSSR count). The van der Waals surface area contributed by atoms with Crippen LogP contribution in [-0.4, -0.2) is 23.6 Å². The fourth-order valence-electron chi connectivity index (χ4n) is 3.26. The second kappa shape index (κ2) is 6.98. The molecule has 0 amide bonds. The van der Waals surface area contributed by atoms with Crippen molar-refractivity contribution in [3.05, 3.63) is 35.5 Å². The number of halogens is 4. The predicted octanol–water partition coefficient (Wildman–Crippen LogP) is 5.02. The SMILES string of the molecule is O=Cc1ccc2c(CF)c(OC3CCC(C(F)(F)F)CC3)ccc2n1. The van der Waals surface area contributed by atoms with Gasteiger partial charge in [-0.05, 0) is 43.9 Å². The number of hydrogen-bond acceptors (Lipinski definition) is 3. The number of rotatable bonds is 4. The summed E-state index contributed by atoms with van der Waals surface area (Å²) in [7, 11) is 0. The maximum Gasteiger partial charge on any atom is 0.391 e. The summed E-state index contributed by atoms with van der Waals surface area (Å²) in [5.41, 5.74) is 1.03. The van der Waals surface area contributed by atoms with E-state index in [1.165, 1.54) is 6.07 Å². The lowest BCUT2D eigenvalue weighted by atomic mass is 9.87. The number of pyridine rings is 1. The number of carbonyl (C=O) groups excluding carboxylic acids is 1. The van der Waals surface area contributed by atoms with E-state index in [-0.39, 0.29) is 37.5 Å². The van der Waals surface area contributed by atoms with E-state index in [0.717, 1.165) is 0 Å². The van der Waals surface area contributed by atoms with E-state index in [1.54, 1.807) is 18.2 Å². The Bertz CT molecular complexity index is 767. The molecule has 0 saturated heterocycles. The van der Waals surface area contributed by atoms with Crippen molar-refractivity contribution < 1.29 is 27.1 Å². The smallest absolute Gasteiger partial charge is 0.391 e. The standard InChI is InChI=1S/C18H17F4NO2/c19-9-15-14-6-3-12(10-24)23-16(14)7-8-17(15)25-13-4-1-11(2-5-13)18(20,21)22/h3,6-8,10-11,13H,1-2,4-5,9H2. The Morgan fingerprint density at radius 3 is 2.44 bits per heavy atom. The number of nitrogens with zero attached hydrogens (tertiary/aromatic N) is 1. The molecule has 0 atom stereocenters. The summed E-state index contributed by atoms with van der Waals surface area (Å²) in [6, 6.07) is 6.29. The summed E-state index contributed by atoms with van der Waals surface area (Å²) in [4.78, 5) is 14.9. The fourth-order valence-corrected chi connectivity index (χ4v) is 3.26. The Labute approximate surface area is 142 Å². The third-order valence-electron chi connectivity index (χ3n) is 4.65. The molecule has 1 aliphatic rings. The van der Waals surface area contributed by atoms with Gasteiger partial charge in [0, 0.05) is 10.9 Å². The molecule has 0 bridgehead atoms. The highest BCUT2D eigenvalue weighted by Gasteiger charge is 2.41. The number of fused-ring (bicyclic) bond motifs is 1. The molecule has 1 aromatic heterocycles. The number of hydrogen-bond donors (Lipinski definition) is 0. The molecule has 0 unspecified atom stereocenters. The Kier molecular flexibility index (Phi) is 4.92. The van der Waals surface area contributed by atoms with Gasteiger partial charge in [-0.3, -0.25) is 4.79 Å². The van der Waals surface area contributed by atoms with E-state index in [0.29, 0.717) is 28.5 Å². The van der Waals surface area contributed by atoms with Gasteiger partial charge in [0.25, 0.3) is 0 Å². The molecule has 0 N–H and O–H groups in total.